The number of halogens is 1. The van der Waals surface area contributed by atoms with Crippen LogP contribution in [0, 0.1) is 21.4 Å². The van der Waals surface area contributed by atoms with E-state index in [0.29, 0.717) is 16.7 Å². The molecular formula is C22H12ClN3O5S. The lowest BCUT2D eigenvalue weighted by molar-refractivity contribution is -0.384. The number of carbonyl (C=O) groups is 2. The largest absolute Gasteiger partial charge is 0.457 e. The Hall–Kier alpha value is -3.87. The van der Waals surface area contributed by atoms with Crippen LogP contribution in [0.5, 0.6) is 0 Å². The topological polar surface area (TPSA) is 117 Å². The molecule has 32 heavy (non-hydrogen) atoms. The zero-order valence-corrected chi connectivity index (χ0v) is 17.7. The molecule has 1 aromatic heterocycles. The quantitative estimate of drug-likeness (QED) is 0.272. The third-order valence-corrected chi connectivity index (χ3v) is 5.90. The molecule has 2 amide bonds. The van der Waals surface area contributed by atoms with Crippen molar-refractivity contribution in [2.24, 2.45) is 0 Å². The molecule has 10 heteroatoms. The van der Waals surface area contributed by atoms with E-state index in [4.69, 9.17) is 16.0 Å². The van der Waals surface area contributed by atoms with Crippen LogP contribution in [0.3, 0.4) is 0 Å². The maximum Gasteiger partial charge on any atom is 0.293 e. The van der Waals surface area contributed by atoms with Gasteiger partial charge in [0.2, 0.25) is 0 Å². The van der Waals surface area contributed by atoms with Crippen molar-refractivity contribution in [3.63, 3.8) is 0 Å². The molecule has 8 nitrogen and oxygen atoms in total. The Morgan fingerprint density at radius 3 is 2.72 bits per heavy atom. The molecule has 0 saturated carbocycles. The number of nitro benzene ring substituents is 1. The fourth-order valence-corrected chi connectivity index (χ4v) is 4.12. The first-order chi connectivity index (χ1) is 15.4. The fraction of sp³-hybridized carbons (Fsp3) is 0.0455. The fourth-order valence-electron chi connectivity index (χ4n) is 3.09. The first kappa shape index (κ1) is 21.4. The van der Waals surface area contributed by atoms with E-state index < -0.39 is 16.1 Å². The molecule has 0 spiro atoms. The van der Waals surface area contributed by atoms with Gasteiger partial charge in [0.1, 0.15) is 11.5 Å². The summed E-state index contributed by atoms with van der Waals surface area (Å²) in [5.41, 5.74) is 1.15. The highest BCUT2D eigenvalue weighted by Gasteiger charge is 2.35. The summed E-state index contributed by atoms with van der Waals surface area (Å²) in [6.07, 6.45) is 1.43. The minimum atomic E-state index is -0.538. The van der Waals surface area contributed by atoms with Crippen molar-refractivity contribution in [1.82, 2.24) is 4.90 Å². The van der Waals surface area contributed by atoms with Crippen LogP contribution >= 0.6 is 23.4 Å². The number of nitrogens with zero attached hydrogens (tertiary/aromatic N) is 3. The van der Waals surface area contributed by atoms with Crippen LogP contribution in [-0.4, -0.2) is 21.0 Å². The molecule has 0 radical (unpaired) electrons. The van der Waals surface area contributed by atoms with Gasteiger partial charge in [-0.25, -0.2) is 0 Å². The minimum absolute atomic E-state index is 0.0154. The highest BCUT2D eigenvalue weighted by Crippen LogP contribution is 2.36. The van der Waals surface area contributed by atoms with Gasteiger partial charge in [-0.15, -0.1) is 0 Å². The molecule has 1 saturated heterocycles. The van der Waals surface area contributed by atoms with E-state index in [-0.39, 0.29) is 33.7 Å². The third-order valence-electron chi connectivity index (χ3n) is 4.67. The van der Waals surface area contributed by atoms with Crippen molar-refractivity contribution >= 4 is 46.3 Å². The third kappa shape index (κ3) is 4.14. The second-order valence-electron chi connectivity index (χ2n) is 6.66. The molecule has 2 heterocycles. The number of amides is 2. The molecule has 1 aliphatic rings. The summed E-state index contributed by atoms with van der Waals surface area (Å²) in [6, 6.07) is 15.9. The van der Waals surface area contributed by atoms with Crippen molar-refractivity contribution < 1.29 is 18.9 Å². The maximum atomic E-state index is 12.8. The number of non-ortho nitro benzene ring substituents is 1. The number of thioether (sulfide) groups is 1. The molecule has 158 valence electrons. The molecule has 1 fully saturated rings. The van der Waals surface area contributed by atoms with Crippen LogP contribution in [0.25, 0.3) is 17.4 Å². The lowest BCUT2D eigenvalue weighted by Gasteiger charge is -2.13. The second kappa shape index (κ2) is 8.70. The highest BCUT2D eigenvalue weighted by molar-refractivity contribution is 8.18. The first-order valence-corrected chi connectivity index (χ1v) is 10.3. The van der Waals surface area contributed by atoms with Crippen LogP contribution in [-0.2, 0) is 11.3 Å². The van der Waals surface area contributed by atoms with Crippen molar-refractivity contribution in [3.05, 3.63) is 91.5 Å². The Labute approximate surface area is 190 Å². The average Bonchev–Trinajstić information content (AvgIpc) is 3.34. The zero-order chi connectivity index (χ0) is 22.8. The van der Waals surface area contributed by atoms with E-state index >= 15 is 0 Å². The Kier molecular flexibility index (Phi) is 5.81. The number of imide groups is 1. The summed E-state index contributed by atoms with van der Waals surface area (Å²) in [5, 5.41) is 20.1. The number of carbonyl (C=O) groups excluding carboxylic acids is 2. The summed E-state index contributed by atoms with van der Waals surface area (Å²) in [5.74, 6) is 0.0664. The molecule has 0 N–H and O–H groups in total. The van der Waals surface area contributed by atoms with Crippen molar-refractivity contribution in [1.29, 1.82) is 5.26 Å². The number of nitro groups is 1. The van der Waals surface area contributed by atoms with E-state index in [0.717, 1.165) is 16.7 Å². The molecule has 0 aliphatic carbocycles. The minimum Gasteiger partial charge on any atom is -0.457 e. The highest BCUT2D eigenvalue weighted by atomic mass is 35.5. The van der Waals surface area contributed by atoms with E-state index in [9.17, 15) is 25.0 Å². The lowest BCUT2D eigenvalue weighted by atomic mass is 10.1. The summed E-state index contributed by atoms with van der Waals surface area (Å²) in [4.78, 5) is 36.9. The first-order valence-electron chi connectivity index (χ1n) is 9.15. The van der Waals surface area contributed by atoms with Crippen LogP contribution in [0.15, 0.2) is 63.9 Å². The van der Waals surface area contributed by atoms with Gasteiger partial charge in [-0.05, 0) is 41.6 Å². The molecule has 4 rings (SSSR count). The maximum absolute atomic E-state index is 12.8. The normalized spacial score (nSPS) is 14.8. The predicted octanol–water partition coefficient (Wildman–Crippen LogP) is 5.62. The van der Waals surface area contributed by atoms with Gasteiger partial charge in [0.25, 0.3) is 16.8 Å². The van der Waals surface area contributed by atoms with Gasteiger partial charge in [-0.2, -0.15) is 5.26 Å². The standard InChI is InChI=1S/C22H12ClN3O5S/c23-18-7-5-15(26(29)30)9-17(18)19-8-6-16(31-19)10-20-21(27)25(22(28)32-20)12-14-4-2-1-3-13(14)11-24/h1-10H,12H2/b20-10+. The average molecular weight is 466 g/mol. The van der Waals surface area contributed by atoms with Gasteiger partial charge in [-0.1, -0.05) is 29.8 Å². The number of hydrogen-bond donors (Lipinski definition) is 0. The van der Waals surface area contributed by atoms with E-state index in [1.807, 2.05) is 6.07 Å². The number of benzene rings is 2. The van der Waals surface area contributed by atoms with Gasteiger partial charge >= 0.3 is 0 Å². The van der Waals surface area contributed by atoms with Crippen LogP contribution in [0.4, 0.5) is 10.5 Å². The number of nitriles is 1. The van der Waals surface area contributed by atoms with Gasteiger partial charge in [-0.3, -0.25) is 24.6 Å². The lowest BCUT2D eigenvalue weighted by Crippen LogP contribution is -2.27. The van der Waals surface area contributed by atoms with Crippen molar-refractivity contribution in [2.75, 3.05) is 0 Å². The van der Waals surface area contributed by atoms with Crippen LogP contribution < -0.4 is 0 Å². The van der Waals surface area contributed by atoms with Gasteiger partial charge < -0.3 is 4.42 Å². The second-order valence-corrected chi connectivity index (χ2v) is 8.06. The van der Waals surface area contributed by atoms with Crippen LogP contribution in [0.1, 0.15) is 16.9 Å². The number of hydrogen-bond acceptors (Lipinski definition) is 7. The summed E-state index contributed by atoms with van der Waals surface area (Å²) < 4.78 is 5.70. The van der Waals surface area contributed by atoms with E-state index in [1.54, 1.807) is 36.4 Å². The van der Waals surface area contributed by atoms with Gasteiger partial charge in [0, 0.05) is 23.8 Å². The van der Waals surface area contributed by atoms with E-state index in [2.05, 4.69) is 0 Å². The number of rotatable bonds is 5. The predicted molar refractivity (Wildman–Crippen MR) is 118 cm³/mol. The smallest absolute Gasteiger partial charge is 0.293 e. The molecule has 0 unspecified atom stereocenters. The van der Waals surface area contributed by atoms with Crippen LogP contribution in [0.2, 0.25) is 5.02 Å². The SMILES string of the molecule is N#Cc1ccccc1CN1C(=O)S/C(=C/c2ccc(-c3cc([N+](=O)[O-])ccc3Cl)o2)C1=O. The Bertz CT molecular complexity index is 1340. The summed E-state index contributed by atoms with van der Waals surface area (Å²) >= 11 is 6.91. The molecule has 2 aromatic carbocycles. The van der Waals surface area contributed by atoms with Gasteiger partial charge in [0.05, 0.1) is 33.0 Å². The molecule has 0 bridgehead atoms. The Morgan fingerprint density at radius 1 is 1.19 bits per heavy atom. The molecule has 1 aliphatic heterocycles. The molecule has 0 atom stereocenters. The monoisotopic (exact) mass is 465 g/mol. The zero-order valence-electron chi connectivity index (χ0n) is 16.1. The molecular weight excluding hydrogens is 454 g/mol. The Balaban J connectivity index is 1.58. The number of furan rings is 1. The summed E-state index contributed by atoms with van der Waals surface area (Å²) in [6.45, 7) is -0.0154. The van der Waals surface area contributed by atoms with Crippen molar-refractivity contribution in [2.45, 2.75) is 6.54 Å². The van der Waals surface area contributed by atoms with Gasteiger partial charge in [0.15, 0.2) is 0 Å². The van der Waals surface area contributed by atoms with Crippen molar-refractivity contribution in [3.8, 4) is 17.4 Å². The Morgan fingerprint density at radius 2 is 1.97 bits per heavy atom. The molecule has 3 aromatic rings. The van der Waals surface area contributed by atoms with E-state index in [1.165, 1.54) is 24.3 Å². The summed E-state index contributed by atoms with van der Waals surface area (Å²) in [7, 11) is 0.